The van der Waals surface area contributed by atoms with Crippen molar-refractivity contribution in [2.45, 2.75) is 13.8 Å². The van der Waals surface area contributed by atoms with E-state index in [1.807, 2.05) is 4.90 Å². The van der Waals surface area contributed by atoms with Crippen molar-refractivity contribution in [3.63, 3.8) is 0 Å². The van der Waals surface area contributed by atoms with Crippen molar-refractivity contribution in [2.24, 2.45) is 11.6 Å². The van der Waals surface area contributed by atoms with Gasteiger partial charge in [-0.3, -0.25) is 19.6 Å². The number of pyridine rings is 1. The SMILES string of the molecule is CC(=O)/C(N)=C/N(N)c1cc(NC(=O)c2cc(F)cc(N3CCOCC3)c2)cnc1C.[HH]. The molecule has 5 N–H and O–H groups in total. The van der Waals surface area contributed by atoms with E-state index in [1.165, 1.54) is 31.5 Å². The highest BCUT2D eigenvalue weighted by Crippen LogP contribution is 2.23. The highest BCUT2D eigenvalue weighted by Gasteiger charge is 2.16. The topological polar surface area (TPSA) is 127 Å². The van der Waals surface area contributed by atoms with Crippen molar-refractivity contribution in [1.82, 2.24) is 4.98 Å². The number of nitrogens with one attached hydrogen (secondary N) is 1. The summed E-state index contributed by atoms with van der Waals surface area (Å²) in [6.45, 7) is 5.39. The van der Waals surface area contributed by atoms with Crippen molar-refractivity contribution >= 4 is 28.8 Å². The van der Waals surface area contributed by atoms with Crippen LogP contribution in [0.15, 0.2) is 42.4 Å². The molecule has 0 aliphatic carbocycles. The molecule has 0 bridgehead atoms. The average Bonchev–Trinajstić information content (AvgIpc) is 2.75. The quantitative estimate of drug-likeness (QED) is 0.360. The summed E-state index contributed by atoms with van der Waals surface area (Å²) in [4.78, 5) is 30.3. The number of hydrazine groups is 1. The third-order valence-electron chi connectivity index (χ3n) is 4.80. The summed E-state index contributed by atoms with van der Waals surface area (Å²) in [7, 11) is 0. The lowest BCUT2D eigenvalue weighted by Gasteiger charge is -2.29. The summed E-state index contributed by atoms with van der Waals surface area (Å²) in [6.07, 6.45) is 2.74. The molecular formula is C21H27FN6O3. The van der Waals surface area contributed by atoms with Crippen LogP contribution in [0.4, 0.5) is 21.5 Å². The van der Waals surface area contributed by atoms with Crippen LogP contribution in [0.3, 0.4) is 0 Å². The second-order valence-corrected chi connectivity index (χ2v) is 7.13. The normalized spacial score (nSPS) is 14.3. The van der Waals surface area contributed by atoms with Gasteiger partial charge in [-0.2, -0.15) is 0 Å². The first kappa shape index (κ1) is 22.2. The molecule has 31 heavy (non-hydrogen) atoms. The number of allylic oxidation sites excluding steroid dienone is 1. The van der Waals surface area contributed by atoms with Crippen LogP contribution in [-0.2, 0) is 9.53 Å². The Morgan fingerprint density at radius 3 is 2.68 bits per heavy atom. The first-order valence-corrected chi connectivity index (χ1v) is 9.68. The number of nitrogens with zero attached hydrogens (tertiary/aromatic N) is 3. The highest BCUT2D eigenvalue weighted by atomic mass is 19.1. The summed E-state index contributed by atoms with van der Waals surface area (Å²) < 4.78 is 19.5. The standard InChI is InChI=1S/C21H25FN6O3.H2/c1-13-20(28(24)12-19(23)14(2)29)10-17(11-25-13)26-21(30)15-7-16(22)9-18(8-15)27-3-5-31-6-4-27;/h7-12H,3-6,23-24H2,1-2H3,(H,26,30);1H/b19-12-;. The predicted molar refractivity (Wildman–Crippen MR) is 118 cm³/mol. The zero-order chi connectivity index (χ0) is 22.5. The summed E-state index contributed by atoms with van der Waals surface area (Å²) in [5, 5.41) is 3.86. The number of hydrogen-bond acceptors (Lipinski definition) is 8. The van der Waals surface area contributed by atoms with Crippen molar-refractivity contribution in [2.75, 3.05) is 41.5 Å². The van der Waals surface area contributed by atoms with Crippen LogP contribution in [0, 0.1) is 12.7 Å². The first-order valence-electron chi connectivity index (χ1n) is 9.68. The monoisotopic (exact) mass is 430 g/mol. The fourth-order valence-corrected chi connectivity index (χ4v) is 3.07. The number of carbonyl (C=O) groups excluding carboxylic acids is 2. The summed E-state index contributed by atoms with van der Waals surface area (Å²) >= 11 is 0. The maximum absolute atomic E-state index is 14.2. The maximum Gasteiger partial charge on any atom is 0.255 e. The predicted octanol–water partition coefficient (Wildman–Crippen LogP) is 1.93. The van der Waals surface area contributed by atoms with Gasteiger partial charge < -0.3 is 20.7 Å². The van der Waals surface area contributed by atoms with Crippen molar-refractivity contribution in [3.05, 3.63) is 59.4 Å². The number of nitrogens with two attached hydrogens (primary N) is 2. The molecule has 1 aliphatic rings. The van der Waals surface area contributed by atoms with Gasteiger partial charge >= 0.3 is 0 Å². The highest BCUT2D eigenvalue weighted by molar-refractivity contribution is 6.05. The van der Waals surface area contributed by atoms with E-state index in [2.05, 4.69) is 10.3 Å². The number of anilines is 3. The minimum absolute atomic E-state index is 0. The molecule has 0 unspecified atom stereocenters. The van der Waals surface area contributed by atoms with Gasteiger partial charge in [0.1, 0.15) is 5.82 Å². The summed E-state index contributed by atoms with van der Waals surface area (Å²) in [5.74, 6) is 4.65. The lowest BCUT2D eigenvalue weighted by Crippen LogP contribution is -2.36. The van der Waals surface area contributed by atoms with E-state index < -0.39 is 11.7 Å². The molecule has 0 spiro atoms. The molecule has 0 atom stereocenters. The van der Waals surface area contributed by atoms with Gasteiger partial charge in [0.2, 0.25) is 0 Å². The van der Waals surface area contributed by atoms with E-state index in [0.29, 0.717) is 49.1 Å². The zero-order valence-corrected chi connectivity index (χ0v) is 17.4. The number of Topliss-reactive ketones (excluding diaryl/α,β-unsaturated/α-hetero) is 1. The van der Waals surface area contributed by atoms with Gasteiger partial charge in [-0.25, -0.2) is 10.2 Å². The Hall–Kier alpha value is -3.50. The largest absolute Gasteiger partial charge is 0.395 e. The van der Waals surface area contributed by atoms with E-state index >= 15 is 0 Å². The van der Waals surface area contributed by atoms with Crippen molar-refractivity contribution < 1.29 is 20.1 Å². The number of ketones is 1. The minimum Gasteiger partial charge on any atom is -0.395 e. The number of amides is 1. The van der Waals surface area contributed by atoms with E-state index in [0.717, 1.165) is 5.01 Å². The molecule has 1 aliphatic heterocycles. The Kier molecular flexibility index (Phi) is 6.83. The van der Waals surface area contributed by atoms with Gasteiger partial charge in [-0.05, 0) is 31.2 Å². The Morgan fingerprint density at radius 1 is 1.29 bits per heavy atom. The molecular weight excluding hydrogens is 403 g/mol. The number of carbonyl (C=O) groups is 2. The molecule has 1 aromatic carbocycles. The number of aryl methyl sites for hydroxylation is 1. The number of rotatable bonds is 6. The number of aromatic nitrogens is 1. The molecule has 1 aromatic heterocycles. The van der Waals surface area contributed by atoms with Crippen LogP contribution in [0.1, 0.15) is 24.4 Å². The molecule has 0 radical (unpaired) electrons. The van der Waals surface area contributed by atoms with Crippen LogP contribution in [0.2, 0.25) is 0 Å². The van der Waals surface area contributed by atoms with Crippen LogP contribution in [-0.4, -0.2) is 43.0 Å². The number of morpholine rings is 1. The number of halogens is 1. The fraction of sp³-hybridized carbons (Fsp3) is 0.286. The van der Waals surface area contributed by atoms with E-state index in [-0.39, 0.29) is 18.5 Å². The van der Waals surface area contributed by atoms with E-state index in [9.17, 15) is 14.0 Å². The Balaban J connectivity index is 0.00000363. The number of benzene rings is 1. The molecule has 2 heterocycles. The zero-order valence-electron chi connectivity index (χ0n) is 17.4. The minimum atomic E-state index is -0.505. The average molecular weight is 430 g/mol. The van der Waals surface area contributed by atoms with Crippen molar-refractivity contribution in [3.8, 4) is 0 Å². The second-order valence-electron chi connectivity index (χ2n) is 7.13. The number of hydrogen-bond donors (Lipinski definition) is 3. The van der Waals surface area contributed by atoms with Gasteiger partial charge in [-0.15, -0.1) is 0 Å². The molecule has 1 fully saturated rings. The third kappa shape index (κ3) is 5.56. The van der Waals surface area contributed by atoms with Gasteiger partial charge in [0.15, 0.2) is 5.78 Å². The Morgan fingerprint density at radius 2 is 2.00 bits per heavy atom. The molecule has 166 valence electrons. The molecule has 3 rings (SSSR count). The molecule has 1 saturated heterocycles. The number of ether oxygens (including phenoxy) is 1. The summed E-state index contributed by atoms with van der Waals surface area (Å²) in [6, 6.07) is 5.79. The molecule has 10 heteroatoms. The maximum atomic E-state index is 14.2. The molecule has 9 nitrogen and oxygen atoms in total. The lowest BCUT2D eigenvalue weighted by molar-refractivity contribution is -0.113. The van der Waals surface area contributed by atoms with E-state index in [4.69, 9.17) is 16.3 Å². The second kappa shape index (κ2) is 9.54. The van der Waals surface area contributed by atoms with Crippen LogP contribution >= 0.6 is 0 Å². The van der Waals surface area contributed by atoms with Gasteiger partial charge in [0, 0.05) is 38.9 Å². The van der Waals surface area contributed by atoms with Crippen LogP contribution < -0.4 is 26.8 Å². The Bertz CT molecular complexity index is 1030. The van der Waals surface area contributed by atoms with Gasteiger partial charge in [-0.1, -0.05) is 0 Å². The smallest absolute Gasteiger partial charge is 0.255 e. The van der Waals surface area contributed by atoms with Gasteiger partial charge in [0.25, 0.3) is 5.91 Å². The van der Waals surface area contributed by atoms with Crippen molar-refractivity contribution in [1.29, 1.82) is 0 Å². The van der Waals surface area contributed by atoms with Gasteiger partial charge in [0.05, 0.1) is 42.2 Å². The van der Waals surface area contributed by atoms with Crippen LogP contribution in [0.5, 0.6) is 0 Å². The Labute approximate surface area is 180 Å². The fourth-order valence-electron chi connectivity index (χ4n) is 3.07. The molecule has 0 saturated carbocycles. The lowest BCUT2D eigenvalue weighted by atomic mass is 10.1. The molecule has 2 aromatic rings. The first-order chi connectivity index (χ1) is 14.7. The summed E-state index contributed by atoms with van der Waals surface area (Å²) in [5.41, 5.74) is 7.77. The van der Waals surface area contributed by atoms with E-state index in [1.54, 1.807) is 19.1 Å². The molecule has 1 amide bonds. The van der Waals surface area contributed by atoms with Crippen LogP contribution in [0.25, 0.3) is 0 Å². The third-order valence-corrected chi connectivity index (χ3v) is 4.80.